The fourth-order valence-electron chi connectivity index (χ4n) is 1.97. The molecule has 1 atom stereocenters. The molecule has 2 rings (SSSR count). The molecule has 0 aliphatic carbocycles. The predicted octanol–water partition coefficient (Wildman–Crippen LogP) is 3.16. The SMILES string of the molecule is CCC(C)c1ccc(NC(=O)c2coc(CNC)n2)cc1. The maximum atomic E-state index is 12.1. The molecule has 5 nitrogen and oxygen atoms in total. The van der Waals surface area contributed by atoms with Gasteiger partial charge in [0, 0.05) is 5.69 Å². The average Bonchev–Trinajstić information content (AvgIpc) is 2.96. The van der Waals surface area contributed by atoms with Crippen LogP contribution in [0.3, 0.4) is 0 Å². The lowest BCUT2D eigenvalue weighted by Gasteiger charge is -2.10. The predicted molar refractivity (Wildman–Crippen MR) is 82.4 cm³/mol. The largest absolute Gasteiger partial charge is 0.447 e. The summed E-state index contributed by atoms with van der Waals surface area (Å²) < 4.78 is 5.19. The van der Waals surface area contributed by atoms with Gasteiger partial charge in [0.15, 0.2) is 5.69 Å². The highest BCUT2D eigenvalue weighted by Crippen LogP contribution is 2.20. The van der Waals surface area contributed by atoms with Gasteiger partial charge in [-0.3, -0.25) is 4.79 Å². The van der Waals surface area contributed by atoms with E-state index in [0.29, 0.717) is 18.4 Å². The second kappa shape index (κ2) is 7.04. The molecule has 0 aliphatic heterocycles. The van der Waals surface area contributed by atoms with E-state index >= 15 is 0 Å². The van der Waals surface area contributed by atoms with Crippen LogP contribution >= 0.6 is 0 Å². The second-order valence-electron chi connectivity index (χ2n) is 5.04. The first-order chi connectivity index (χ1) is 10.1. The number of carbonyl (C=O) groups excluding carboxylic acids is 1. The molecule has 0 aliphatic rings. The molecule has 112 valence electrons. The third-order valence-corrected chi connectivity index (χ3v) is 3.46. The Labute approximate surface area is 124 Å². The van der Waals surface area contributed by atoms with Crippen molar-refractivity contribution in [3.8, 4) is 0 Å². The minimum absolute atomic E-state index is 0.266. The molecule has 0 bridgehead atoms. The van der Waals surface area contributed by atoms with Gasteiger partial charge in [0.25, 0.3) is 5.91 Å². The molecule has 1 unspecified atom stereocenters. The van der Waals surface area contributed by atoms with Gasteiger partial charge in [-0.1, -0.05) is 26.0 Å². The van der Waals surface area contributed by atoms with Crippen LogP contribution in [0.5, 0.6) is 0 Å². The Balaban J connectivity index is 2.01. The minimum atomic E-state index is -0.266. The summed E-state index contributed by atoms with van der Waals surface area (Å²) in [5.74, 6) is 0.751. The number of aromatic nitrogens is 1. The van der Waals surface area contributed by atoms with Crippen LogP contribution in [0.2, 0.25) is 0 Å². The third kappa shape index (κ3) is 3.92. The molecule has 1 aromatic carbocycles. The number of rotatable bonds is 6. The highest BCUT2D eigenvalue weighted by molar-refractivity contribution is 6.02. The lowest BCUT2D eigenvalue weighted by Crippen LogP contribution is -2.13. The van der Waals surface area contributed by atoms with E-state index in [1.165, 1.54) is 11.8 Å². The van der Waals surface area contributed by atoms with Crippen molar-refractivity contribution in [1.82, 2.24) is 10.3 Å². The van der Waals surface area contributed by atoms with Crippen LogP contribution in [0, 0.1) is 0 Å². The Bertz CT molecular complexity index is 590. The van der Waals surface area contributed by atoms with Crippen LogP contribution in [-0.4, -0.2) is 17.9 Å². The normalized spacial score (nSPS) is 12.1. The van der Waals surface area contributed by atoms with Gasteiger partial charge in [-0.2, -0.15) is 0 Å². The van der Waals surface area contributed by atoms with Crippen LogP contribution in [0.1, 0.15) is 48.1 Å². The molecule has 0 spiro atoms. The number of amides is 1. The first-order valence-electron chi connectivity index (χ1n) is 7.14. The van der Waals surface area contributed by atoms with E-state index in [9.17, 15) is 4.79 Å². The van der Waals surface area contributed by atoms with Crippen LogP contribution < -0.4 is 10.6 Å². The number of hydrogen-bond acceptors (Lipinski definition) is 4. The molecular formula is C16H21N3O2. The van der Waals surface area contributed by atoms with E-state index in [4.69, 9.17) is 4.42 Å². The fourth-order valence-corrected chi connectivity index (χ4v) is 1.97. The number of nitrogens with one attached hydrogen (secondary N) is 2. The number of hydrogen-bond donors (Lipinski definition) is 2. The quantitative estimate of drug-likeness (QED) is 0.856. The van der Waals surface area contributed by atoms with Gasteiger partial charge in [0.1, 0.15) is 6.26 Å². The zero-order chi connectivity index (χ0) is 15.2. The molecule has 1 heterocycles. The molecule has 0 saturated carbocycles. The molecule has 0 radical (unpaired) electrons. The summed E-state index contributed by atoms with van der Waals surface area (Å²) in [5, 5.41) is 5.74. The first-order valence-corrected chi connectivity index (χ1v) is 7.14. The van der Waals surface area contributed by atoms with Crippen molar-refractivity contribution in [2.75, 3.05) is 12.4 Å². The maximum Gasteiger partial charge on any atom is 0.277 e. The molecule has 5 heteroatoms. The Hall–Kier alpha value is -2.14. The number of benzene rings is 1. The minimum Gasteiger partial charge on any atom is -0.447 e. The lowest BCUT2D eigenvalue weighted by atomic mass is 9.99. The number of nitrogens with zero attached hydrogens (tertiary/aromatic N) is 1. The summed E-state index contributed by atoms with van der Waals surface area (Å²) in [4.78, 5) is 16.2. The van der Waals surface area contributed by atoms with Crippen LogP contribution in [-0.2, 0) is 6.54 Å². The van der Waals surface area contributed by atoms with Gasteiger partial charge in [0.05, 0.1) is 6.54 Å². The zero-order valence-corrected chi connectivity index (χ0v) is 12.6. The van der Waals surface area contributed by atoms with Gasteiger partial charge < -0.3 is 15.1 Å². The Morgan fingerprint density at radius 2 is 2.05 bits per heavy atom. The lowest BCUT2D eigenvalue weighted by molar-refractivity contribution is 0.102. The van der Waals surface area contributed by atoms with Gasteiger partial charge >= 0.3 is 0 Å². The highest BCUT2D eigenvalue weighted by atomic mass is 16.3. The second-order valence-corrected chi connectivity index (χ2v) is 5.04. The Morgan fingerprint density at radius 3 is 2.67 bits per heavy atom. The molecule has 1 amide bonds. The molecular weight excluding hydrogens is 266 g/mol. The van der Waals surface area contributed by atoms with E-state index in [2.05, 4.69) is 29.5 Å². The van der Waals surface area contributed by atoms with Crippen LogP contribution in [0.25, 0.3) is 0 Å². The summed E-state index contributed by atoms with van der Waals surface area (Å²) >= 11 is 0. The highest BCUT2D eigenvalue weighted by Gasteiger charge is 2.12. The smallest absolute Gasteiger partial charge is 0.277 e. The van der Waals surface area contributed by atoms with Gasteiger partial charge in [0.2, 0.25) is 5.89 Å². The van der Waals surface area contributed by atoms with E-state index in [-0.39, 0.29) is 11.6 Å². The van der Waals surface area contributed by atoms with Crippen molar-refractivity contribution in [3.05, 3.63) is 47.7 Å². The van der Waals surface area contributed by atoms with Gasteiger partial charge in [-0.05, 0) is 37.1 Å². The van der Waals surface area contributed by atoms with Crippen molar-refractivity contribution in [2.45, 2.75) is 32.7 Å². The number of carbonyl (C=O) groups is 1. The van der Waals surface area contributed by atoms with Crippen LogP contribution in [0.4, 0.5) is 5.69 Å². The van der Waals surface area contributed by atoms with E-state index in [1.807, 2.05) is 24.3 Å². The third-order valence-electron chi connectivity index (χ3n) is 3.46. The van der Waals surface area contributed by atoms with Crippen molar-refractivity contribution in [3.63, 3.8) is 0 Å². The molecule has 0 fully saturated rings. The topological polar surface area (TPSA) is 67.2 Å². The van der Waals surface area contributed by atoms with Crippen LogP contribution in [0.15, 0.2) is 34.9 Å². The van der Waals surface area contributed by atoms with E-state index in [1.54, 1.807) is 7.05 Å². The fraction of sp³-hybridized carbons (Fsp3) is 0.375. The van der Waals surface area contributed by atoms with Crippen molar-refractivity contribution in [2.24, 2.45) is 0 Å². The maximum absolute atomic E-state index is 12.1. The van der Waals surface area contributed by atoms with E-state index < -0.39 is 0 Å². The average molecular weight is 287 g/mol. The summed E-state index contributed by atoms with van der Waals surface area (Å²) in [6.45, 7) is 4.84. The van der Waals surface area contributed by atoms with Crippen molar-refractivity contribution < 1.29 is 9.21 Å². The van der Waals surface area contributed by atoms with Crippen molar-refractivity contribution in [1.29, 1.82) is 0 Å². The first kappa shape index (κ1) is 15.3. The Morgan fingerprint density at radius 1 is 1.33 bits per heavy atom. The molecule has 2 N–H and O–H groups in total. The van der Waals surface area contributed by atoms with Gasteiger partial charge in [-0.25, -0.2) is 4.98 Å². The number of anilines is 1. The standard InChI is InChI=1S/C16H21N3O2/c1-4-11(2)12-5-7-13(8-6-12)18-16(20)14-10-21-15(19-14)9-17-3/h5-8,10-11,17H,4,9H2,1-3H3,(H,18,20). The molecule has 0 saturated heterocycles. The monoisotopic (exact) mass is 287 g/mol. The zero-order valence-electron chi connectivity index (χ0n) is 12.6. The van der Waals surface area contributed by atoms with E-state index in [0.717, 1.165) is 12.1 Å². The summed E-state index contributed by atoms with van der Waals surface area (Å²) in [5.41, 5.74) is 2.31. The number of oxazole rings is 1. The summed E-state index contributed by atoms with van der Waals surface area (Å²) in [6, 6.07) is 7.90. The van der Waals surface area contributed by atoms with Gasteiger partial charge in [-0.15, -0.1) is 0 Å². The molecule has 1 aromatic heterocycles. The van der Waals surface area contributed by atoms with Crippen molar-refractivity contribution >= 4 is 11.6 Å². The summed E-state index contributed by atoms with van der Waals surface area (Å²) in [7, 11) is 1.79. The Kier molecular flexibility index (Phi) is 5.11. The summed E-state index contributed by atoms with van der Waals surface area (Å²) in [6.07, 6.45) is 2.47. The molecule has 21 heavy (non-hydrogen) atoms. The molecule has 2 aromatic rings.